The summed E-state index contributed by atoms with van der Waals surface area (Å²) in [5, 5.41) is 11.3. The van der Waals surface area contributed by atoms with Crippen LogP contribution in [0, 0.1) is 0 Å². The van der Waals surface area contributed by atoms with E-state index in [4.69, 9.17) is 5.21 Å². The molecule has 0 aliphatic rings. The Hall–Kier alpha value is -2.08. The molecule has 0 radical (unpaired) electrons. The van der Waals surface area contributed by atoms with Crippen LogP contribution in [0.3, 0.4) is 0 Å². The number of rotatable bonds is 11. The summed E-state index contributed by atoms with van der Waals surface area (Å²) in [6, 6.07) is 7.68. The fourth-order valence-corrected chi connectivity index (χ4v) is 2.54. The van der Waals surface area contributed by atoms with Crippen LogP contribution in [0.15, 0.2) is 24.3 Å². The molecule has 0 unspecified atom stereocenters. The number of hydrogen-bond acceptors (Lipinski definition) is 4. The van der Waals surface area contributed by atoms with Crippen molar-refractivity contribution in [3.05, 3.63) is 29.8 Å². The standard InChI is InChI=1S/C18H29N3O3/c1-3-21(4-2)16-12-10-15(11-13-16)18(23)19-14-8-6-5-7-9-17(22)20-24/h10-13,24H,3-9,14H2,1-2H3,(H,19,23)(H,20,22). The van der Waals surface area contributed by atoms with Crippen LogP contribution in [0.5, 0.6) is 0 Å². The highest BCUT2D eigenvalue weighted by atomic mass is 16.5. The molecule has 3 N–H and O–H groups in total. The van der Waals surface area contributed by atoms with Crippen LogP contribution in [-0.4, -0.2) is 36.7 Å². The average molecular weight is 335 g/mol. The fraction of sp³-hybridized carbons (Fsp3) is 0.556. The molecule has 0 heterocycles. The zero-order valence-corrected chi connectivity index (χ0v) is 14.7. The maximum Gasteiger partial charge on any atom is 0.251 e. The summed E-state index contributed by atoms with van der Waals surface area (Å²) in [5.41, 5.74) is 3.42. The van der Waals surface area contributed by atoms with Gasteiger partial charge < -0.3 is 10.2 Å². The molecule has 0 bridgehead atoms. The monoisotopic (exact) mass is 335 g/mol. The summed E-state index contributed by atoms with van der Waals surface area (Å²) >= 11 is 0. The van der Waals surface area contributed by atoms with Gasteiger partial charge in [-0.2, -0.15) is 0 Å². The van der Waals surface area contributed by atoms with Crippen LogP contribution in [0.1, 0.15) is 56.3 Å². The Bertz CT molecular complexity index is 499. The van der Waals surface area contributed by atoms with Gasteiger partial charge in [0, 0.05) is 37.3 Å². The number of nitrogens with one attached hydrogen (secondary N) is 2. The molecule has 1 aromatic carbocycles. The van der Waals surface area contributed by atoms with E-state index < -0.39 is 0 Å². The third-order valence-electron chi connectivity index (χ3n) is 4.00. The number of carbonyl (C=O) groups excluding carboxylic acids is 2. The van der Waals surface area contributed by atoms with Crippen LogP contribution < -0.4 is 15.7 Å². The van der Waals surface area contributed by atoms with Gasteiger partial charge in [-0.05, 0) is 51.0 Å². The lowest BCUT2D eigenvalue weighted by molar-refractivity contribution is -0.129. The molecule has 0 saturated carbocycles. The highest BCUT2D eigenvalue weighted by molar-refractivity contribution is 5.94. The average Bonchev–Trinajstić information content (AvgIpc) is 2.62. The lowest BCUT2D eigenvalue weighted by Gasteiger charge is -2.21. The van der Waals surface area contributed by atoms with Crippen molar-refractivity contribution >= 4 is 17.5 Å². The Balaban J connectivity index is 2.24. The molecular formula is C18H29N3O3. The number of carbonyl (C=O) groups is 2. The van der Waals surface area contributed by atoms with Crippen molar-refractivity contribution in [2.45, 2.75) is 46.0 Å². The minimum absolute atomic E-state index is 0.0549. The molecular weight excluding hydrogens is 306 g/mol. The zero-order valence-electron chi connectivity index (χ0n) is 14.7. The normalized spacial score (nSPS) is 10.3. The second-order valence-electron chi connectivity index (χ2n) is 5.67. The number of amides is 2. The zero-order chi connectivity index (χ0) is 17.8. The lowest BCUT2D eigenvalue weighted by atomic mass is 10.1. The van der Waals surface area contributed by atoms with Crippen molar-refractivity contribution in [1.82, 2.24) is 10.8 Å². The molecule has 0 aliphatic heterocycles. The van der Waals surface area contributed by atoms with E-state index in [1.807, 2.05) is 24.3 Å². The van der Waals surface area contributed by atoms with E-state index in [9.17, 15) is 9.59 Å². The van der Waals surface area contributed by atoms with Crippen LogP contribution in [0.2, 0.25) is 0 Å². The van der Waals surface area contributed by atoms with E-state index >= 15 is 0 Å². The fourth-order valence-electron chi connectivity index (χ4n) is 2.54. The van der Waals surface area contributed by atoms with Crippen molar-refractivity contribution in [2.75, 3.05) is 24.5 Å². The van der Waals surface area contributed by atoms with E-state index in [1.54, 1.807) is 5.48 Å². The van der Waals surface area contributed by atoms with E-state index in [-0.39, 0.29) is 11.8 Å². The number of unbranched alkanes of at least 4 members (excludes halogenated alkanes) is 3. The van der Waals surface area contributed by atoms with Gasteiger partial charge in [0.05, 0.1) is 0 Å². The summed E-state index contributed by atoms with van der Waals surface area (Å²) in [4.78, 5) is 25.1. The maximum absolute atomic E-state index is 12.1. The van der Waals surface area contributed by atoms with Gasteiger partial charge in [0.1, 0.15) is 0 Å². The minimum atomic E-state index is -0.350. The number of anilines is 1. The Morgan fingerprint density at radius 2 is 1.62 bits per heavy atom. The first-order valence-corrected chi connectivity index (χ1v) is 8.68. The molecule has 24 heavy (non-hydrogen) atoms. The van der Waals surface area contributed by atoms with Gasteiger partial charge in [0.15, 0.2) is 0 Å². The van der Waals surface area contributed by atoms with Crippen LogP contribution in [-0.2, 0) is 4.79 Å². The Labute approximate surface area is 144 Å². The van der Waals surface area contributed by atoms with E-state index in [0.29, 0.717) is 18.5 Å². The SMILES string of the molecule is CCN(CC)c1ccc(C(=O)NCCCCCCC(=O)NO)cc1. The second-order valence-corrected chi connectivity index (χ2v) is 5.67. The first-order chi connectivity index (χ1) is 11.6. The summed E-state index contributed by atoms with van der Waals surface area (Å²) in [6.07, 6.45) is 3.81. The third-order valence-corrected chi connectivity index (χ3v) is 4.00. The van der Waals surface area contributed by atoms with Gasteiger partial charge in [-0.25, -0.2) is 5.48 Å². The van der Waals surface area contributed by atoms with Crippen molar-refractivity contribution in [3.63, 3.8) is 0 Å². The van der Waals surface area contributed by atoms with Gasteiger partial charge in [-0.15, -0.1) is 0 Å². The molecule has 0 saturated heterocycles. The Morgan fingerprint density at radius 1 is 1.00 bits per heavy atom. The van der Waals surface area contributed by atoms with Crippen molar-refractivity contribution in [1.29, 1.82) is 0 Å². The molecule has 0 fully saturated rings. The smallest absolute Gasteiger partial charge is 0.251 e. The predicted octanol–water partition coefficient (Wildman–Crippen LogP) is 2.72. The highest BCUT2D eigenvalue weighted by Gasteiger charge is 2.06. The van der Waals surface area contributed by atoms with Crippen LogP contribution in [0.25, 0.3) is 0 Å². The van der Waals surface area contributed by atoms with Gasteiger partial charge in [0.2, 0.25) is 5.91 Å². The number of nitrogens with zero attached hydrogens (tertiary/aromatic N) is 1. The molecule has 2 amide bonds. The molecule has 134 valence electrons. The summed E-state index contributed by atoms with van der Waals surface area (Å²) in [7, 11) is 0. The quantitative estimate of drug-likeness (QED) is 0.330. The highest BCUT2D eigenvalue weighted by Crippen LogP contribution is 2.14. The Kier molecular flexibility index (Phi) is 9.53. The van der Waals surface area contributed by atoms with Gasteiger partial charge in [0.25, 0.3) is 5.91 Å². The molecule has 0 aliphatic carbocycles. The van der Waals surface area contributed by atoms with E-state index in [1.165, 1.54) is 0 Å². The summed E-state index contributed by atoms with van der Waals surface area (Å²) in [6.45, 7) is 6.74. The number of hydrogen-bond donors (Lipinski definition) is 3. The number of hydroxylamine groups is 1. The molecule has 1 rings (SSSR count). The van der Waals surface area contributed by atoms with Crippen molar-refractivity contribution in [2.24, 2.45) is 0 Å². The lowest BCUT2D eigenvalue weighted by Crippen LogP contribution is -2.25. The molecule has 0 aromatic heterocycles. The minimum Gasteiger partial charge on any atom is -0.372 e. The summed E-state index contributed by atoms with van der Waals surface area (Å²) < 4.78 is 0. The first kappa shape index (κ1) is 20.0. The van der Waals surface area contributed by atoms with Crippen molar-refractivity contribution < 1.29 is 14.8 Å². The molecule has 1 aromatic rings. The largest absolute Gasteiger partial charge is 0.372 e. The summed E-state index contributed by atoms with van der Waals surface area (Å²) in [5.74, 6) is -0.405. The van der Waals surface area contributed by atoms with Crippen molar-refractivity contribution in [3.8, 4) is 0 Å². The predicted molar refractivity (Wildman–Crippen MR) is 95.4 cm³/mol. The molecule has 6 heteroatoms. The third kappa shape index (κ3) is 7.00. The van der Waals surface area contributed by atoms with E-state index in [2.05, 4.69) is 24.1 Å². The molecule has 0 atom stereocenters. The maximum atomic E-state index is 12.1. The second kappa shape index (κ2) is 11.5. The number of benzene rings is 1. The first-order valence-electron chi connectivity index (χ1n) is 8.68. The topological polar surface area (TPSA) is 81.7 Å². The molecule has 6 nitrogen and oxygen atoms in total. The molecule has 0 spiro atoms. The Morgan fingerprint density at radius 3 is 2.21 bits per heavy atom. The van der Waals surface area contributed by atoms with Gasteiger partial charge >= 0.3 is 0 Å². The van der Waals surface area contributed by atoms with Gasteiger partial charge in [-0.3, -0.25) is 14.8 Å². The van der Waals surface area contributed by atoms with E-state index in [0.717, 1.165) is 44.5 Å². The van der Waals surface area contributed by atoms with Crippen LogP contribution in [0.4, 0.5) is 5.69 Å². The van der Waals surface area contributed by atoms with Gasteiger partial charge in [-0.1, -0.05) is 12.8 Å². The van der Waals surface area contributed by atoms with Crippen LogP contribution >= 0.6 is 0 Å².